The highest BCUT2D eigenvalue weighted by Crippen LogP contribution is 2.18. The summed E-state index contributed by atoms with van der Waals surface area (Å²) in [5.41, 5.74) is 1.69. The van der Waals surface area contributed by atoms with Crippen LogP contribution in [-0.2, 0) is 26.0 Å². The molecule has 2 aromatic rings. The fourth-order valence-corrected chi connectivity index (χ4v) is 3.85. The Balaban J connectivity index is 2.25. The molecule has 2 aromatic carbocycles. The topological polar surface area (TPSA) is 83.6 Å². The normalized spacial score (nSPS) is 11.6. The van der Waals surface area contributed by atoms with E-state index in [0.29, 0.717) is 5.69 Å². The summed E-state index contributed by atoms with van der Waals surface area (Å²) >= 11 is 0. The Morgan fingerprint density at radius 3 is 2.19 bits per heavy atom. The Morgan fingerprint density at radius 1 is 1.00 bits per heavy atom. The second-order valence-electron chi connectivity index (χ2n) is 7.34. The van der Waals surface area contributed by atoms with Gasteiger partial charge in [0.25, 0.3) is 11.8 Å². The third-order valence-electron chi connectivity index (χ3n) is 4.51. The Kier molecular flexibility index (Phi) is 8.90. The summed E-state index contributed by atoms with van der Waals surface area (Å²) in [6, 6.07) is 14.3. The summed E-state index contributed by atoms with van der Waals surface area (Å²) in [5, 5.41) is 0. The monoisotopic (exact) mass is 458 g/mol. The maximum atomic E-state index is 13.3. The molecule has 8 heteroatoms. The Morgan fingerprint density at radius 2 is 1.62 bits per heavy atom. The fourth-order valence-electron chi connectivity index (χ4n) is 2.85. The third-order valence-corrected chi connectivity index (χ3v) is 5.75. The number of benzene rings is 2. The van der Waals surface area contributed by atoms with Gasteiger partial charge in [-0.25, -0.2) is 17.5 Å². The quantitative estimate of drug-likeness (QED) is 0.268. The van der Waals surface area contributed by atoms with Gasteiger partial charge >= 0.3 is 0 Å². The van der Waals surface area contributed by atoms with Crippen LogP contribution in [0.2, 0.25) is 0 Å². The molecule has 0 aliphatic carbocycles. The van der Waals surface area contributed by atoms with Gasteiger partial charge in [-0.1, -0.05) is 42.0 Å². The van der Waals surface area contributed by atoms with E-state index in [4.69, 9.17) is 0 Å². The molecule has 0 heterocycles. The molecule has 2 rings (SSSR count). The molecule has 0 saturated heterocycles. The lowest BCUT2D eigenvalue weighted by atomic mass is 10.1. The molecule has 0 radical (unpaired) electrons. The van der Waals surface area contributed by atoms with E-state index in [9.17, 15) is 22.4 Å². The summed E-state index contributed by atoms with van der Waals surface area (Å²) in [4.78, 5) is 27.3. The van der Waals surface area contributed by atoms with Gasteiger partial charge in [-0.3, -0.25) is 9.59 Å². The van der Waals surface area contributed by atoms with Crippen LogP contribution in [-0.4, -0.2) is 32.5 Å². The fraction of sp³-hybridized carbons (Fsp3) is 0.250. The van der Waals surface area contributed by atoms with Crippen molar-refractivity contribution in [3.8, 4) is 0 Å². The summed E-state index contributed by atoms with van der Waals surface area (Å²) in [6.07, 6.45) is 3.08. The van der Waals surface area contributed by atoms with Gasteiger partial charge in [0.1, 0.15) is 11.4 Å². The Bertz CT molecular complexity index is 1100. The molecule has 170 valence electrons. The zero-order valence-electron chi connectivity index (χ0n) is 18.3. The number of allylic oxidation sites excluding steroid dienone is 3. The first-order chi connectivity index (χ1) is 15.1. The first kappa shape index (κ1) is 25.0. The van der Waals surface area contributed by atoms with Gasteiger partial charge in [0.05, 0.1) is 5.75 Å². The summed E-state index contributed by atoms with van der Waals surface area (Å²) in [7, 11) is -3.98. The van der Waals surface area contributed by atoms with Crippen molar-refractivity contribution in [2.45, 2.75) is 27.2 Å². The molecule has 0 unspecified atom stereocenters. The number of nitrogens with one attached hydrogen (secondary N) is 1. The van der Waals surface area contributed by atoms with E-state index < -0.39 is 27.7 Å². The molecular weight excluding hydrogens is 431 g/mol. The van der Waals surface area contributed by atoms with Crippen LogP contribution in [0.5, 0.6) is 0 Å². The van der Waals surface area contributed by atoms with E-state index in [0.717, 1.165) is 11.1 Å². The first-order valence-corrected chi connectivity index (χ1v) is 11.8. The number of carbonyl (C=O) groups is 2. The number of rotatable bonds is 9. The van der Waals surface area contributed by atoms with Gasteiger partial charge in [-0.15, -0.1) is 0 Å². The minimum Gasteiger partial charge on any atom is -0.308 e. The van der Waals surface area contributed by atoms with Crippen LogP contribution >= 0.6 is 0 Å². The summed E-state index contributed by atoms with van der Waals surface area (Å²) < 4.78 is 40.2. The molecule has 0 atom stereocenters. The van der Waals surface area contributed by atoms with Crippen molar-refractivity contribution in [2.24, 2.45) is 0 Å². The standard InChI is InChI=1S/C24H27FN2O4S/c1-4-27(21-13-11-20(25)12-14-21)24(29)22(15-10-18(2)3)23(28)26-32(30,31)17-16-19-8-6-5-7-9-19/h5-15H,4,16-17H2,1-3H3,(H,26,28). The van der Waals surface area contributed by atoms with Gasteiger partial charge < -0.3 is 4.90 Å². The zero-order chi connectivity index (χ0) is 23.7. The number of anilines is 1. The summed E-state index contributed by atoms with van der Waals surface area (Å²) in [5.74, 6) is -2.46. The number of amides is 2. The molecular formula is C24H27FN2O4S. The van der Waals surface area contributed by atoms with Gasteiger partial charge in [0, 0.05) is 12.2 Å². The average Bonchev–Trinajstić information content (AvgIpc) is 2.74. The van der Waals surface area contributed by atoms with Crippen LogP contribution in [0, 0.1) is 5.82 Å². The lowest BCUT2D eigenvalue weighted by molar-refractivity contribution is -0.121. The van der Waals surface area contributed by atoms with Crippen molar-refractivity contribution in [1.82, 2.24) is 4.72 Å². The minimum absolute atomic E-state index is 0.199. The molecule has 0 bridgehead atoms. The molecule has 0 fully saturated rings. The van der Waals surface area contributed by atoms with Crippen LogP contribution in [0.15, 0.2) is 77.9 Å². The Labute approximate surface area is 188 Å². The van der Waals surface area contributed by atoms with E-state index in [-0.39, 0.29) is 24.3 Å². The molecule has 0 aromatic heterocycles. The van der Waals surface area contributed by atoms with E-state index in [2.05, 4.69) is 0 Å². The van der Waals surface area contributed by atoms with Crippen molar-refractivity contribution in [2.75, 3.05) is 17.2 Å². The number of halogens is 1. The predicted octanol–water partition coefficient (Wildman–Crippen LogP) is 3.76. The average molecular weight is 459 g/mol. The van der Waals surface area contributed by atoms with Crippen molar-refractivity contribution in [3.05, 3.63) is 89.3 Å². The maximum absolute atomic E-state index is 13.3. The van der Waals surface area contributed by atoms with E-state index in [1.54, 1.807) is 51.1 Å². The van der Waals surface area contributed by atoms with Gasteiger partial charge in [-0.05, 0) is 63.1 Å². The Hall–Kier alpha value is -3.26. The number of carbonyl (C=O) groups excluding carboxylic acids is 2. The van der Waals surface area contributed by atoms with E-state index in [1.807, 2.05) is 10.8 Å². The zero-order valence-corrected chi connectivity index (χ0v) is 19.2. The maximum Gasteiger partial charge on any atom is 0.270 e. The minimum atomic E-state index is -3.98. The van der Waals surface area contributed by atoms with Crippen LogP contribution in [0.4, 0.5) is 10.1 Å². The number of hydrogen-bond acceptors (Lipinski definition) is 4. The van der Waals surface area contributed by atoms with Crippen molar-refractivity contribution < 1.29 is 22.4 Å². The van der Waals surface area contributed by atoms with E-state index in [1.165, 1.54) is 35.2 Å². The van der Waals surface area contributed by atoms with Crippen LogP contribution in [0.3, 0.4) is 0 Å². The largest absolute Gasteiger partial charge is 0.308 e. The molecule has 32 heavy (non-hydrogen) atoms. The molecule has 0 spiro atoms. The third kappa shape index (κ3) is 7.46. The van der Waals surface area contributed by atoms with Crippen molar-refractivity contribution in [3.63, 3.8) is 0 Å². The van der Waals surface area contributed by atoms with E-state index >= 15 is 0 Å². The number of hydrogen-bond donors (Lipinski definition) is 1. The number of aryl methyl sites for hydroxylation is 1. The molecule has 2 amide bonds. The highest BCUT2D eigenvalue weighted by Gasteiger charge is 2.27. The second-order valence-corrected chi connectivity index (χ2v) is 9.18. The van der Waals surface area contributed by atoms with Crippen LogP contribution in [0.1, 0.15) is 26.3 Å². The molecule has 0 aliphatic heterocycles. The predicted molar refractivity (Wildman–Crippen MR) is 124 cm³/mol. The molecule has 0 saturated carbocycles. The highest BCUT2D eigenvalue weighted by molar-refractivity contribution is 7.90. The SMILES string of the molecule is CCN(C(=O)C(=CC=C(C)C)C(=O)NS(=O)(=O)CCc1ccccc1)c1ccc(F)cc1. The molecule has 1 N–H and O–H groups in total. The van der Waals surface area contributed by atoms with Crippen molar-refractivity contribution >= 4 is 27.5 Å². The number of sulfonamides is 1. The molecule has 0 aliphatic rings. The van der Waals surface area contributed by atoms with Crippen molar-refractivity contribution in [1.29, 1.82) is 0 Å². The van der Waals surface area contributed by atoms with Gasteiger partial charge in [-0.2, -0.15) is 0 Å². The molecule has 6 nitrogen and oxygen atoms in total. The smallest absolute Gasteiger partial charge is 0.270 e. The lowest BCUT2D eigenvalue weighted by Gasteiger charge is -2.22. The van der Waals surface area contributed by atoms with Crippen LogP contribution < -0.4 is 9.62 Å². The number of nitrogens with zero attached hydrogens (tertiary/aromatic N) is 1. The van der Waals surface area contributed by atoms with Gasteiger partial charge in [0.2, 0.25) is 10.0 Å². The summed E-state index contributed by atoms with van der Waals surface area (Å²) in [6.45, 7) is 5.47. The van der Waals surface area contributed by atoms with Gasteiger partial charge in [0.15, 0.2) is 0 Å². The first-order valence-electron chi connectivity index (χ1n) is 10.1. The second kappa shape index (κ2) is 11.4. The highest BCUT2D eigenvalue weighted by atomic mass is 32.2. The lowest BCUT2D eigenvalue weighted by Crippen LogP contribution is -2.41. The van der Waals surface area contributed by atoms with Crippen LogP contribution in [0.25, 0.3) is 0 Å². The number of likely N-dealkylation sites (N-methyl/N-ethyl adjacent to an activating group) is 1.